The highest BCUT2D eigenvalue weighted by molar-refractivity contribution is 7.11. The predicted molar refractivity (Wildman–Crippen MR) is 96.9 cm³/mol. The SMILES string of the molecule is CCN(CC)CCCCNC(=NC)NCCc1ncc(C)s1. The van der Waals surface area contributed by atoms with Crippen LogP contribution in [-0.4, -0.2) is 55.6 Å². The van der Waals surface area contributed by atoms with E-state index in [0.29, 0.717) is 0 Å². The third-order valence-electron chi connectivity index (χ3n) is 3.61. The van der Waals surface area contributed by atoms with Gasteiger partial charge in [0.15, 0.2) is 5.96 Å². The maximum atomic E-state index is 4.37. The molecule has 0 aliphatic heterocycles. The molecular formula is C16H31N5S. The quantitative estimate of drug-likeness (QED) is 0.394. The third kappa shape index (κ3) is 7.75. The van der Waals surface area contributed by atoms with Crippen LogP contribution < -0.4 is 10.6 Å². The van der Waals surface area contributed by atoms with Crippen molar-refractivity contribution in [1.82, 2.24) is 20.5 Å². The Morgan fingerprint density at radius 1 is 1.23 bits per heavy atom. The fraction of sp³-hybridized carbons (Fsp3) is 0.750. The van der Waals surface area contributed by atoms with Crippen molar-refractivity contribution in [2.45, 2.75) is 40.0 Å². The summed E-state index contributed by atoms with van der Waals surface area (Å²) in [5.41, 5.74) is 0. The molecule has 22 heavy (non-hydrogen) atoms. The number of nitrogens with zero attached hydrogens (tertiary/aromatic N) is 3. The second kappa shape index (κ2) is 11.4. The van der Waals surface area contributed by atoms with E-state index in [1.807, 2.05) is 13.2 Å². The molecule has 0 unspecified atom stereocenters. The second-order valence-corrected chi connectivity index (χ2v) is 6.59. The van der Waals surface area contributed by atoms with Gasteiger partial charge in [-0.3, -0.25) is 4.99 Å². The van der Waals surface area contributed by atoms with E-state index in [1.54, 1.807) is 11.3 Å². The van der Waals surface area contributed by atoms with Crippen molar-refractivity contribution in [1.29, 1.82) is 0 Å². The number of nitrogens with one attached hydrogen (secondary N) is 2. The van der Waals surface area contributed by atoms with Crippen molar-refractivity contribution in [2.75, 3.05) is 39.8 Å². The first-order valence-corrected chi connectivity index (χ1v) is 9.09. The van der Waals surface area contributed by atoms with Crippen LogP contribution in [0.1, 0.15) is 36.6 Å². The van der Waals surface area contributed by atoms with Gasteiger partial charge in [-0.1, -0.05) is 13.8 Å². The summed E-state index contributed by atoms with van der Waals surface area (Å²) < 4.78 is 0. The van der Waals surface area contributed by atoms with Gasteiger partial charge >= 0.3 is 0 Å². The molecule has 0 bridgehead atoms. The first-order chi connectivity index (χ1) is 10.7. The van der Waals surface area contributed by atoms with Crippen molar-refractivity contribution in [3.05, 3.63) is 16.1 Å². The Morgan fingerprint density at radius 3 is 2.55 bits per heavy atom. The van der Waals surface area contributed by atoms with Crippen LogP contribution in [0.2, 0.25) is 0 Å². The zero-order chi connectivity index (χ0) is 16.2. The summed E-state index contributed by atoms with van der Waals surface area (Å²) in [5.74, 6) is 0.885. The van der Waals surface area contributed by atoms with Gasteiger partial charge < -0.3 is 15.5 Å². The van der Waals surface area contributed by atoms with Gasteiger partial charge in [0.1, 0.15) is 0 Å². The van der Waals surface area contributed by atoms with Crippen LogP contribution in [0.4, 0.5) is 0 Å². The van der Waals surface area contributed by atoms with E-state index in [2.05, 4.69) is 46.3 Å². The van der Waals surface area contributed by atoms with Crippen molar-refractivity contribution in [3.8, 4) is 0 Å². The van der Waals surface area contributed by atoms with E-state index in [1.165, 1.54) is 29.3 Å². The van der Waals surface area contributed by atoms with E-state index in [9.17, 15) is 0 Å². The van der Waals surface area contributed by atoms with E-state index in [-0.39, 0.29) is 0 Å². The van der Waals surface area contributed by atoms with Gasteiger partial charge in [-0.15, -0.1) is 11.3 Å². The van der Waals surface area contributed by atoms with Crippen LogP contribution in [0.15, 0.2) is 11.2 Å². The van der Waals surface area contributed by atoms with Crippen LogP contribution in [0.3, 0.4) is 0 Å². The smallest absolute Gasteiger partial charge is 0.190 e. The predicted octanol–water partition coefficient (Wildman–Crippen LogP) is 2.28. The molecular weight excluding hydrogens is 294 g/mol. The van der Waals surface area contributed by atoms with Gasteiger partial charge in [0, 0.05) is 37.6 Å². The van der Waals surface area contributed by atoms with E-state index >= 15 is 0 Å². The number of rotatable bonds is 10. The zero-order valence-corrected chi connectivity index (χ0v) is 15.3. The molecule has 0 spiro atoms. The Kier molecular flexibility index (Phi) is 9.82. The molecule has 0 saturated heterocycles. The topological polar surface area (TPSA) is 52.5 Å². The Morgan fingerprint density at radius 2 is 1.95 bits per heavy atom. The van der Waals surface area contributed by atoms with Gasteiger partial charge in [0.05, 0.1) is 5.01 Å². The van der Waals surface area contributed by atoms with Crippen molar-refractivity contribution >= 4 is 17.3 Å². The van der Waals surface area contributed by atoms with Gasteiger partial charge in [-0.05, 0) is 39.4 Å². The molecule has 0 saturated carbocycles. The highest BCUT2D eigenvalue weighted by Gasteiger charge is 2.01. The minimum Gasteiger partial charge on any atom is -0.356 e. The van der Waals surface area contributed by atoms with Crippen molar-refractivity contribution in [3.63, 3.8) is 0 Å². The number of aliphatic imine (C=N–C) groups is 1. The molecule has 0 radical (unpaired) electrons. The lowest BCUT2D eigenvalue weighted by Crippen LogP contribution is -2.38. The zero-order valence-electron chi connectivity index (χ0n) is 14.5. The second-order valence-electron chi connectivity index (χ2n) is 5.27. The van der Waals surface area contributed by atoms with Crippen LogP contribution in [0.5, 0.6) is 0 Å². The minimum absolute atomic E-state index is 0.867. The summed E-state index contributed by atoms with van der Waals surface area (Å²) >= 11 is 1.76. The number of guanidine groups is 1. The first kappa shape index (κ1) is 18.9. The van der Waals surface area contributed by atoms with Crippen LogP contribution >= 0.6 is 11.3 Å². The Hall–Kier alpha value is -1.14. The van der Waals surface area contributed by atoms with Gasteiger partial charge in [-0.25, -0.2) is 4.98 Å². The van der Waals surface area contributed by atoms with E-state index in [0.717, 1.165) is 38.6 Å². The fourth-order valence-electron chi connectivity index (χ4n) is 2.23. The Bertz CT molecular complexity index is 426. The van der Waals surface area contributed by atoms with Crippen molar-refractivity contribution < 1.29 is 0 Å². The molecule has 126 valence electrons. The number of hydrogen-bond acceptors (Lipinski definition) is 4. The number of thiazole rings is 1. The highest BCUT2D eigenvalue weighted by atomic mass is 32.1. The van der Waals surface area contributed by atoms with E-state index in [4.69, 9.17) is 0 Å². The minimum atomic E-state index is 0.867. The molecule has 2 N–H and O–H groups in total. The number of aryl methyl sites for hydroxylation is 1. The molecule has 1 aromatic heterocycles. The lowest BCUT2D eigenvalue weighted by molar-refractivity contribution is 0.297. The first-order valence-electron chi connectivity index (χ1n) is 8.27. The largest absolute Gasteiger partial charge is 0.356 e. The van der Waals surface area contributed by atoms with Gasteiger partial charge in [0.2, 0.25) is 0 Å². The average Bonchev–Trinajstić information content (AvgIpc) is 2.94. The molecule has 5 nitrogen and oxygen atoms in total. The molecule has 0 atom stereocenters. The Labute approximate surface area is 139 Å². The summed E-state index contributed by atoms with van der Waals surface area (Å²) in [6.07, 6.45) is 5.27. The molecule has 6 heteroatoms. The molecule has 0 aromatic carbocycles. The monoisotopic (exact) mass is 325 g/mol. The van der Waals surface area contributed by atoms with E-state index < -0.39 is 0 Å². The highest BCUT2D eigenvalue weighted by Crippen LogP contribution is 2.10. The number of aromatic nitrogens is 1. The number of hydrogen-bond donors (Lipinski definition) is 2. The van der Waals surface area contributed by atoms with Gasteiger partial charge in [-0.2, -0.15) is 0 Å². The van der Waals surface area contributed by atoms with Crippen LogP contribution in [0, 0.1) is 6.92 Å². The summed E-state index contributed by atoms with van der Waals surface area (Å²) in [5, 5.41) is 7.90. The lowest BCUT2D eigenvalue weighted by Gasteiger charge is -2.18. The summed E-state index contributed by atoms with van der Waals surface area (Å²) in [6.45, 7) is 11.8. The average molecular weight is 326 g/mol. The summed E-state index contributed by atoms with van der Waals surface area (Å²) in [6, 6.07) is 0. The lowest BCUT2D eigenvalue weighted by atomic mass is 10.3. The molecule has 0 fully saturated rings. The molecule has 0 aliphatic carbocycles. The van der Waals surface area contributed by atoms with Gasteiger partial charge in [0.25, 0.3) is 0 Å². The third-order valence-corrected chi connectivity index (χ3v) is 4.58. The molecule has 1 heterocycles. The standard InChI is InChI=1S/C16H31N5S/c1-5-21(6-2)12-8-7-10-18-16(17-4)19-11-9-15-20-13-14(3)22-15/h13H,5-12H2,1-4H3,(H2,17,18,19). The molecule has 0 aliphatic rings. The molecule has 1 rings (SSSR count). The van der Waals surface area contributed by atoms with Crippen LogP contribution in [0.25, 0.3) is 0 Å². The number of unbranched alkanes of at least 4 members (excludes halogenated alkanes) is 1. The Balaban J connectivity index is 2.09. The summed E-state index contributed by atoms with van der Waals surface area (Å²) in [4.78, 5) is 12.4. The maximum absolute atomic E-state index is 4.37. The van der Waals surface area contributed by atoms with Crippen LogP contribution in [-0.2, 0) is 6.42 Å². The molecule has 1 aromatic rings. The summed E-state index contributed by atoms with van der Waals surface area (Å²) in [7, 11) is 1.82. The maximum Gasteiger partial charge on any atom is 0.190 e. The normalized spacial score (nSPS) is 12.0. The molecule has 0 amide bonds. The van der Waals surface area contributed by atoms with Crippen molar-refractivity contribution in [2.24, 2.45) is 4.99 Å². The fourth-order valence-corrected chi connectivity index (χ4v) is 3.02.